The van der Waals surface area contributed by atoms with Crippen molar-refractivity contribution in [2.45, 2.75) is 6.92 Å². The minimum Gasteiger partial charge on any atom is -0.497 e. The van der Waals surface area contributed by atoms with E-state index in [1.165, 1.54) is 11.8 Å². The summed E-state index contributed by atoms with van der Waals surface area (Å²) in [6.07, 6.45) is 1.75. The number of amidine groups is 1. The Kier molecular flexibility index (Phi) is 3.93. The topological polar surface area (TPSA) is 50.7 Å². The lowest BCUT2D eigenvalue weighted by Crippen LogP contribution is -2.19. The van der Waals surface area contributed by atoms with Gasteiger partial charge in [-0.25, -0.2) is 4.99 Å². The van der Waals surface area contributed by atoms with Crippen molar-refractivity contribution in [3.8, 4) is 5.75 Å². The lowest BCUT2D eigenvalue weighted by Gasteiger charge is -2.03. The van der Waals surface area contributed by atoms with Gasteiger partial charge in [0.15, 0.2) is 5.17 Å². The molecule has 18 heavy (non-hydrogen) atoms. The number of carbonyl (C=O) groups excluding carboxylic acids is 1. The molecule has 0 atom stereocenters. The van der Waals surface area contributed by atoms with E-state index in [4.69, 9.17) is 16.3 Å². The van der Waals surface area contributed by atoms with E-state index in [0.717, 1.165) is 0 Å². The average Bonchev–Trinajstić information content (AvgIpc) is 2.72. The predicted molar refractivity (Wildman–Crippen MR) is 74.6 cm³/mol. The first-order chi connectivity index (χ1) is 8.63. The van der Waals surface area contributed by atoms with Gasteiger partial charge in [0.05, 0.1) is 22.7 Å². The molecule has 4 nitrogen and oxygen atoms in total. The fraction of sp³-hybridized carbons (Fsp3) is 0.167. The van der Waals surface area contributed by atoms with Gasteiger partial charge < -0.3 is 10.1 Å². The molecule has 0 unspecified atom stereocenters. The minimum absolute atomic E-state index is 0.133. The second kappa shape index (κ2) is 5.46. The molecule has 1 heterocycles. The van der Waals surface area contributed by atoms with E-state index in [9.17, 15) is 4.79 Å². The van der Waals surface area contributed by atoms with Crippen LogP contribution < -0.4 is 10.1 Å². The first kappa shape index (κ1) is 13.0. The number of halogens is 1. The van der Waals surface area contributed by atoms with Crippen molar-refractivity contribution in [2.24, 2.45) is 4.99 Å². The van der Waals surface area contributed by atoms with Crippen LogP contribution in [0, 0.1) is 0 Å². The van der Waals surface area contributed by atoms with E-state index in [0.29, 0.717) is 26.5 Å². The Morgan fingerprint density at radius 3 is 2.83 bits per heavy atom. The number of aliphatic imine (C=N–C) groups is 1. The first-order valence-corrected chi connectivity index (χ1v) is 6.41. The standard InChI is InChI=1S/C12H11ClN2O2S/c1-3-10-11(16)15-12(18-10)14-9-5-4-7(17-2)6-8(9)13/h3-6H,1-2H3,(H,14,15,16)/b10-3-. The largest absolute Gasteiger partial charge is 0.497 e. The Morgan fingerprint density at radius 2 is 2.28 bits per heavy atom. The lowest BCUT2D eigenvalue weighted by molar-refractivity contribution is -0.115. The maximum Gasteiger partial charge on any atom is 0.263 e. The second-order valence-electron chi connectivity index (χ2n) is 3.44. The van der Waals surface area contributed by atoms with Gasteiger partial charge in [-0.2, -0.15) is 0 Å². The van der Waals surface area contributed by atoms with Crippen LogP contribution in [0.25, 0.3) is 0 Å². The van der Waals surface area contributed by atoms with Crippen LogP contribution in [0.5, 0.6) is 5.75 Å². The summed E-state index contributed by atoms with van der Waals surface area (Å²) in [6, 6.07) is 5.19. The molecule has 1 saturated heterocycles. The Morgan fingerprint density at radius 1 is 1.50 bits per heavy atom. The first-order valence-electron chi connectivity index (χ1n) is 5.21. The summed E-state index contributed by atoms with van der Waals surface area (Å²) in [6.45, 7) is 1.81. The molecule has 0 bridgehead atoms. The number of nitrogens with zero attached hydrogens (tertiary/aromatic N) is 1. The van der Waals surface area contributed by atoms with Crippen LogP contribution in [-0.2, 0) is 4.79 Å². The van der Waals surface area contributed by atoms with Crippen molar-refractivity contribution in [3.05, 3.63) is 34.2 Å². The highest BCUT2D eigenvalue weighted by Crippen LogP contribution is 2.32. The van der Waals surface area contributed by atoms with Crippen molar-refractivity contribution < 1.29 is 9.53 Å². The Bertz CT molecular complexity index is 555. The molecule has 1 amide bonds. The third kappa shape index (κ3) is 2.68. The van der Waals surface area contributed by atoms with Crippen LogP contribution in [0.1, 0.15) is 6.92 Å². The van der Waals surface area contributed by atoms with E-state index < -0.39 is 0 Å². The summed E-state index contributed by atoms with van der Waals surface area (Å²) >= 11 is 7.36. The van der Waals surface area contributed by atoms with Crippen molar-refractivity contribution in [3.63, 3.8) is 0 Å². The highest BCUT2D eigenvalue weighted by molar-refractivity contribution is 8.18. The molecule has 2 rings (SSSR count). The molecule has 6 heteroatoms. The summed E-state index contributed by atoms with van der Waals surface area (Å²) in [5.74, 6) is 0.534. The summed E-state index contributed by atoms with van der Waals surface area (Å²) in [4.78, 5) is 16.4. The van der Waals surface area contributed by atoms with E-state index in [1.54, 1.807) is 31.4 Å². The fourth-order valence-corrected chi connectivity index (χ4v) is 2.36. The van der Waals surface area contributed by atoms with Gasteiger partial charge in [-0.1, -0.05) is 17.7 Å². The van der Waals surface area contributed by atoms with Gasteiger partial charge in [0.1, 0.15) is 5.75 Å². The van der Waals surface area contributed by atoms with Crippen molar-refractivity contribution in [2.75, 3.05) is 7.11 Å². The average molecular weight is 283 g/mol. The molecule has 0 spiro atoms. The molecule has 1 aliphatic rings. The maximum atomic E-state index is 11.5. The SMILES string of the molecule is C/C=C1\SC(=Nc2ccc(OC)cc2Cl)NC1=O. The van der Waals surface area contributed by atoms with Gasteiger partial charge in [0, 0.05) is 6.07 Å². The number of rotatable bonds is 2. The van der Waals surface area contributed by atoms with Gasteiger partial charge in [-0.05, 0) is 30.8 Å². The summed E-state index contributed by atoms with van der Waals surface area (Å²) in [7, 11) is 1.57. The second-order valence-corrected chi connectivity index (χ2v) is 4.88. The molecule has 0 aromatic heterocycles. The zero-order chi connectivity index (χ0) is 13.1. The van der Waals surface area contributed by atoms with Crippen LogP contribution >= 0.6 is 23.4 Å². The van der Waals surface area contributed by atoms with Gasteiger partial charge >= 0.3 is 0 Å². The maximum absolute atomic E-state index is 11.5. The monoisotopic (exact) mass is 282 g/mol. The fourth-order valence-electron chi connectivity index (χ4n) is 1.39. The lowest BCUT2D eigenvalue weighted by atomic mass is 10.3. The number of hydrogen-bond acceptors (Lipinski definition) is 4. The van der Waals surface area contributed by atoms with E-state index in [1.807, 2.05) is 6.92 Å². The van der Waals surface area contributed by atoms with E-state index in [-0.39, 0.29) is 5.91 Å². The van der Waals surface area contributed by atoms with Crippen LogP contribution in [-0.4, -0.2) is 18.2 Å². The van der Waals surface area contributed by atoms with Gasteiger partial charge in [-0.3, -0.25) is 4.79 Å². The summed E-state index contributed by atoms with van der Waals surface area (Å²) < 4.78 is 5.05. The third-order valence-electron chi connectivity index (χ3n) is 2.29. The molecule has 0 saturated carbocycles. The van der Waals surface area contributed by atoms with Gasteiger partial charge in [0.2, 0.25) is 0 Å². The Labute approximate surface area is 114 Å². The summed E-state index contributed by atoms with van der Waals surface area (Å²) in [5, 5.41) is 3.68. The highest BCUT2D eigenvalue weighted by Gasteiger charge is 2.22. The molecule has 1 fully saturated rings. The minimum atomic E-state index is -0.133. The molecule has 1 aliphatic heterocycles. The number of ether oxygens (including phenoxy) is 1. The number of allylic oxidation sites excluding steroid dienone is 1. The number of amides is 1. The van der Waals surface area contributed by atoms with Crippen molar-refractivity contribution in [1.82, 2.24) is 5.32 Å². The molecule has 94 valence electrons. The normalized spacial score (nSPS) is 19.4. The van der Waals surface area contributed by atoms with Crippen molar-refractivity contribution >= 4 is 40.1 Å². The summed E-state index contributed by atoms with van der Waals surface area (Å²) in [5.41, 5.74) is 0.595. The van der Waals surface area contributed by atoms with Crippen LogP contribution in [0.3, 0.4) is 0 Å². The zero-order valence-electron chi connectivity index (χ0n) is 9.86. The molecular weight excluding hydrogens is 272 g/mol. The number of hydrogen-bond donors (Lipinski definition) is 1. The molecule has 0 radical (unpaired) electrons. The number of carbonyl (C=O) groups is 1. The Hall–Kier alpha value is -1.46. The van der Waals surface area contributed by atoms with Crippen LogP contribution in [0.4, 0.5) is 5.69 Å². The molecule has 1 N–H and O–H groups in total. The smallest absolute Gasteiger partial charge is 0.263 e. The zero-order valence-corrected chi connectivity index (χ0v) is 11.4. The molecular formula is C12H11ClN2O2S. The molecule has 1 aromatic rings. The number of benzene rings is 1. The number of thioether (sulfide) groups is 1. The van der Waals surface area contributed by atoms with E-state index in [2.05, 4.69) is 10.3 Å². The number of methoxy groups -OCH3 is 1. The van der Waals surface area contributed by atoms with E-state index >= 15 is 0 Å². The van der Waals surface area contributed by atoms with Crippen LogP contribution in [0.2, 0.25) is 5.02 Å². The van der Waals surface area contributed by atoms with Gasteiger partial charge in [-0.15, -0.1) is 0 Å². The van der Waals surface area contributed by atoms with Crippen LogP contribution in [0.15, 0.2) is 34.2 Å². The third-order valence-corrected chi connectivity index (χ3v) is 3.62. The Balaban J connectivity index is 2.27. The highest BCUT2D eigenvalue weighted by atomic mass is 35.5. The molecule has 1 aromatic carbocycles. The quantitative estimate of drug-likeness (QED) is 0.848. The predicted octanol–water partition coefficient (Wildman–Crippen LogP) is 3.10. The molecule has 0 aliphatic carbocycles. The number of nitrogens with one attached hydrogen (secondary N) is 1. The van der Waals surface area contributed by atoms with Crippen molar-refractivity contribution in [1.29, 1.82) is 0 Å². The van der Waals surface area contributed by atoms with Gasteiger partial charge in [0.25, 0.3) is 5.91 Å².